The number of nitrogens with zero attached hydrogens (tertiary/aromatic N) is 3. The average Bonchev–Trinajstić information content (AvgIpc) is 2.83. The first-order valence-electron chi connectivity index (χ1n) is 9.34. The summed E-state index contributed by atoms with van der Waals surface area (Å²) in [6, 6.07) is 11.2. The SMILES string of the molecule is O=[N+]([O-])c1ccc(S(=O)(=O)[O-])cc1.O=[N+]([O-])c1ccc(S(=O)(=O)[O-])cc1.O=[N+]([O-])c1ccc(S(=O)(=O)[O-])cc1.[Yb+3]. The van der Waals surface area contributed by atoms with Crippen LogP contribution in [-0.2, 0) is 30.4 Å². The third-order valence-corrected chi connectivity index (χ3v) is 6.56. The molecule has 3 aromatic rings. The fourth-order valence-corrected chi connectivity index (χ4v) is 3.61. The van der Waals surface area contributed by atoms with Crippen molar-refractivity contribution in [1.82, 2.24) is 0 Å². The normalized spacial score (nSPS) is 10.9. The molecular formula is C18H12N3O15S3Yb. The van der Waals surface area contributed by atoms with Crippen LogP contribution in [0, 0.1) is 77.3 Å². The second-order valence-electron chi connectivity index (χ2n) is 6.62. The van der Waals surface area contributed by atoms with Gasteiger partial charge >= 0.3 is 46.9 Å². The molecule has 0 unspecified atom stereocenters. The molecule has 0 aliphatic rings. The second kappa shape index (κ2) is 15.2. The van der Waals surface area contributed by atoms with Crippen molar-refractivity contribution in [2.75, 3.05) is 0 Å². The van der Waals surface area contributed by atoms with E-state index in [4.69, 9.17) is 0 Å². The van der Waals surface area contributed by atoms with Gasteiger partial charge in [-0.2, -0.15) is 0 Å². The molecule has 0 N–H and O–H groups in total. The van der Waals surface area contributed by atoms with Crippen LogP contribution in [0.4, 0.5) is 17.1 Å². The van der Waals surface area contributed by atoms with Crippen molar-refractivity contribution >= 4 is 47.4 Å². The van der Waals surface area contributed by atoms with Crippen molar-refractivity contribution in [3.8, 4) is 0 Å². The molecule has 40 heavy (non-hydrogen) atoms. The summed E-state index contributed by atoms with van der Waals surface area (Å²) >= 11 is 0. The van der Waals surface area contributed by atoms with E-state index in [0.717, 1.165) is 72.8 Å². The molecular weight excluding hydrogens is 767 g/mol. The summed E-state index contributed by atoms with van der Waals surface area (Å²) in [6.07, 6.45) is 0. The maximum atomic E-state index is 10.4. The topological polar surface area (TPSA) is 301 Å². The molecule has 3 rings (SSSR count). The molecule has 221 valence electrons. The fraction of sp³-hybridized carbons (Fsp3) is 0. The molecule has 1 radical (unpaired) electrons. The fourth-order valence-electron chi connectivity index (χ4n) is 2.20. The Balaban J connectivity index is 0.000000563. The molecule has 0 atom stereocenters. The number of nitro benzene ring substituents is 3. The molecule has 0 aromatic heterocycles. The Labute approximate surface area is 263 Å². The largest absolute Gasteiger partial charge is 3.00 e. The predicted molar refractivity (Wildman–Crippen MR) is 123 cm³/mol. The van der Waals surface area contributed by atoms with Gasteiger partial charge < -0.3 is 13.7 Å². The van der Waals surface area contributed by atoms with Gasteiger partial charge in [-0.05, 0) is 36.4 Å². The Morgan fingerprint density at radius 1 is 0.400 bits per heavy atom. The number of benzene rings is 3. The van der Waals surface area contributed by atoms with Crippen LogP contribution in [0.25, 0.3) is 0 Å². The number of hydrogen-bond donors (Lipinski definition) is 0. The van der Waals surface area contributed by atoms with Crippen molar-refractivity contribution in [3.63, 3.8) is 0 Å². The summed E-state index contributed by atoms with van der Waals surface area (Å²) in [5, 5.41) is 30.4. The van der Waals surface area contributed by atoms with E-state index in [1.54, 1.807) is 0 Å². The van der Waals surface area contributed by atoms with Crippen LogP contribution in [0.5, 0.6) is 0 Å². The van der Waals surface area contributed by atoms with Gasteiger partial charge in [0.05, 0.1) is 29.5 Å². The maximum absolute atomic E-state index is 10.4. The first-order chi connectivity index (χ1) is 17.7. The number of hydrogen-bond acceptors (Lipinski definition) is 15. The molecule has 0 aliphatic carbocycles. The predicted octanol–water partition coefficient (Wildman–Crippen LogP) is 1.50. The summed E-state index contributed by atoms with van der Waals surface area (Å²) in [5.41, 5.74) is -0.771. The van der Waals surface area contributed by atoms with Crippen LogP contribution in [0.1, 0.15) is 0 Å². The van der Waals surface area contributed by atoms with Gasteiger partial charge in [0.2, 0.25) is 0 Å². The van der Waals surface area contributed by atoms with Crippen LogP contribution in [0.2, 0.25) is 0 Å². The molecule has 3 aromatic carbocycles. The van der Waals surface area contributed by atoms with Crippen LogP contribution in [0.15, 0.2) is 87.5 Å². The Morgan fingerprint density at radius 3 is 0.650 bits per heavy atom. The Morgan fingerprint density at radius 2 is 0.550 bits per heavy atom. The molecule has 0 amide bonds. The third-order valence-electron chi connectivity index (χ3n) is 4.01. The van der Waals surface area contributed by atoms with E-state index in [-0.39, 0.29) is 64.0 Å². The molecule has 0 saturated heterocycles. The first kappa shape index (κ1) is 37.1. The third kappa shape index (κ3) is 12.5. The minimum atomic E-state index is -4.52. The van der Waals surface area contributed by atoms with E-state index in [1.165, 1.54) is 0 Å². The van der Waals surface area contributed by atoms with E-state index in [1.807, 2.05) is 0 Å². The second-order valence-corrected chi connectivity index (χ2v) is 10.8. The van der Waals surface area contributed by atoms with E-state index in [0.29, 0.717) is 0 Å². The van der Waals surface area contributed by atoms with E-state index in [9.17, 15) is 69.3 Å². The zero-order valence-electron chi connectivity index (χ0n) is 18.9. The van der Waals surface area contributed by atoms with Gasteiger partial charge in [0.25, 0.3) is 17.1 Å². The summed E-state index contributed by atoms with van der Waals surface area (Å²) in [5.74, 6) is 0. The molecule has 0 saturated carbocycles. The van der Waals surface area contributed by atoms with Gasteiger partial charge in [-0.25, -0.2) is 25.3 Å². The minimum absolute atomic E-state index is 0. The minimum Gasteiger partial charge on any atom is -0.744 e. The summed E-state index contributed by atoms with van der Waals surface area (Å²) in [6.45, 7) is 0. The van der Waals surface area contributed by atoms with Gasteiger partial charge in [0.15, 0.2) is 0 Å². The van der Waals surface area contributed by atoms with Crippen molar-refractivity contribution in [3.05, 3.63) is 103 Å². The van der Waals surface area contributed by atoms with Crippen LogP contribution in [-0.4, -0.2) is 53.7 Å². The van der Waals surface area contributed by atoms with Gasteiger partial charge in [0, 0.05) is 36.4 Å². The van der Waals surface area contributed by atoms with Crippen LogP contribution >= 0.6 is 0 Å². The van der Waals surface area contributed by atoms with Crippen molar-refractivity contribution in [1.29, 1.82) is 0 Å². The zero-order chi connectivity index (χ0) is 30.2. The summed E-state index contributed by atoms with van der Waals surface area (Å²) in [7, 11) is -13.6. The molecule has 0 heterocycles. The van der Waals surface area contributed by atoms with E-state index < -0.39 is 59.8 Å². The molecule has 0 spiro atoms. The Hall–Kier alpha value is -2.89. The molecule has 18 nitrogen and oxygen atoms in total. The average molecular weight is 780 g/mol. The van der Waals surface area contributed by atoms with Gasteiger partial charge in [-0.3, -0.25) is 30.3 Å². The van der Waals surface area contributed by atoms with Crippen LogP contribution < -0.4 is 0 Å². The summed E-state index contributed by atoms with van der Waals surface area (Å²) in [4.78, 5) is 27.0. The van der Waals surface area contributed by atoms with Crippen molar-refractivity contribution < 1.29 is 101 Å². The Kier molecular flexibility index (Phi) is 14.1. The standard InChI is InChI=1S/3C6H5NO5S.Yb/c3*8-7(9)5-1-3-6(4-2-5)13(10,11)12;/h3*1-4H,(H,10,11,12);/q;;;+3/p-3. The number of rotatable bonds is 6. The van der Waals surface area contributed by atoms with Crippen molar-refractivity contribution in [2.45, 2.75) is 14.7 Å². The first-order valence-corrected chi connectivity index (χ1v) is 13.6. The van der Waals surface area contributed by atoms with Gasteiger partial charge in [-0.15, -0.1) is 0 Å². The van der Waals surface area contributed by atoms with E-state index >= 15 is 0 Å². The summed E-state index contributed by atoms with van der Waals surface area (Å²) < 4.78 is 93.5. The van der Waals surface area contributed by atoms with Crippen molar-refractivity contribution in [2.24, 2.45) is 0 Å². The van der Waals surface area contributed by atoms with Crippen LogP contribution in [0.3, 0.4) is 0 Å². The zero-order valence-corrected chi connectivity index (χ0v) is 23.0. The molecule has 0 bridgehead atoms. The molecule has 0 fully saturated rings. The monoisotopic (exact) mass is 780 g/mol. The molecule has 22 heteroatoms. The molecule has 0 aliphatic heterocycles. The number of non-ortho nitro benzene ring substituents is 3. The smallest absolute Gasteiger partial charge is 0.744 e. The van der Waals surface area contributed by atoms with E-state index in [2.05, 4.69) is 0 Å². The number of nitro groups is 3. The quantitative estimate of drug-likeness (QED) is 0.194. The maximum Gasteiger partial charge on any atom is 3.00 e. The Bertz CT molecular complexity index is 1470. The van der Waals surface area contributed by atoms with Gasteiger partial charge in [-0.1, -0.05) is 0 Å². The van der Waals surface area contributed by atoms with Gasteiger partial charge in [0.1, 0.15) is 30.4 Å².